The number of unbranched alkanes of at least 4 members (excludes halogenated alkanes) is 3. The maximum Gasteiger partial charge on any atom is 0.341 e. The average molecular weight is 600 g/mol. The fraction of sp³-hybridized carbons (Fsp3) is 0.421. The molecule has 236 valence electrons. The van der Waals surface area contributed by atoms with Crippen molar-refractivity contribution in [1.29, 1.82) is 0 Å². The lowest BCUT2D eigenvalue weighted by molar-refractivity contribution is -0.138. The average Bonchev–Trinajstić information content (AvgIpc) is 2.96. The van der Waals surface area contributed by atoms with Gasteiger partial charge in [-0.3, -0.25) is 4.79 Å². The van der Waals surface area contributed by atoms with Crippen molar-refractivity contribution in [2.45, 2.75) is 91.9 Å². The van der Waals surface area contributed by atoms with E-state index in [4.69, 9.17) is 4.74 Å². The predicted octanol–water partition coefficient (Wildman–Crippen LogP) is 8.65. The third kappa shape index (κ3) is 8.52. The molecule has 6 heteroatoms. The van der Waals surface area contributed by atoms with E-state index in [-0.39, 0.29) is 51.2 Å². The molecule has 1 aliphatic carbocycles. The van der Waals surface area contributed by atoms with E-state index in [1.54, 1.807) is 6.92 Å². The molecule has 2 aromatic carbocycles. The highest BCUT2D eigenvalue weighted by atomic mass is 16.5. The number of nitrogens with one attached hydrogen (secondary N) is 1. The van der Waals surface area contributed by atoms with Crippen LogP contribution in [0.1, 0.15) is 103 Å². The number of hydrogen-bond donors (Lipinski definition) is 3. The summed E-state index contributed by atoms with van der Waals surface area (Å²) in [5.41, 5.74) is 3.51. The molecule has 3 rings (SSSR count). The van der Waals surface area contributed by atoms with E-state index in [9.17, 15) is 19.8 Å². The summed E-state index contributed by atoms with van der Waals surface area (Å²) in [4.78, 5) is 26.9. The molecule has 0 radical (unpaired) electrons. The molecule has 0 bridgehead atoms. The Balaban J connectivity index is 2.26. The molecular weight excluding hydrogens is 550 g/mol. The maximum absolute atomic E-state index is 13.7. The maximum atomic E-state index is 13.7. The Labute approximate surface area is 263 Å². The molecule has 0 spiro atoms. The summed E-state index contributed by atoms with van der Waals surface area (Å²) < 4.78 is 5.33. The first-order valence-corrected chi connectivity index (χ1v) is 15.7. The normalized spacial score (nSPS) is 20.1. The third-order valence-electron chi connectivity index (χ3n) is 7.78. The first-order chi connectivity index (χ1) is 20.7. The highest BCUT2D eigenvalue weighted by Gasteiger charge is 2.28. The molecule has 44 heavy (non-hydrogen) atoms. The lowest BCUT2D eigenvalue weighted by Crippen LogP contribution is -2.27. The van der Waals surface area contributed by atoms with Crippen LogP contribution in [0.5, 0.6) is 0 Å². The van der Waals surface area contributed by atoms with Crippen molar-refractivity contribution in [1.82, 2.24) is 5.32 Å². The van der Waals surface area contributed by atoms with Gasteiger partial charge in [0.25, 0.3) is 5.91 Å². The number of carbonyl (C=O) groups excluding carboxylic acids is 2. The summed E-state index contributed by atoms with van der Waals surface area (Å²) in [7, 11) is 0. The van der Waals surface area contributed by atoms with Crippen molar-refractivity contribution in [3.63, 3.8) is 0 Å². The van der Waals surface area contributed by atoms with E-state index in [1.807, 2.05) is 48.5 Å². The van der Waals surface area contributed by atoms with Crippen molar-refractivity contribution < 1.29 is 24.5 Å². The number of carbonyl (C=O) groups is 2. The zero-order valence-electron chi connectivity index (χ0n) is 27.6. The van der Waals surface area contributed by atoms with Crippen molar-refractivity contribution in [3.05, 3.63) is 106 Å². The van der Waals surface area contributed by atoms with Gasteiger partial charge in [-0.2, -0.15) is 0 Å². The Morgan fingerprint density at radius 2 is 1.14 bits per heavy atom. The zero-order chi connectivity index (χ0) is 32.7. The summed E-state index contributed by atoms with van der Waals surface area (Å²) in [6, 6.07) is 15.2. The van der Waals surface area contributed by atoms with Crippen LogP contribution in [0.3, 0.4) is 0 Å². The van der Waals surface area contributed by atoms with Gasteiger partial charge >= 0.3 is 5.97 Å². The Hall–Kier alpha value is -4.06. The molecule has 0 fully saturated rings. The predicted molar refractivity (Wildman–Crippen MR) is 179 cm³/mol. The van der Waals surface area contributed by atoms with Gasteiger partial charge in [0.2, 0.25) is 0 Å². The van der Waals surface area contributed by atoms with Crippen LogP contribution in [0.2, 0.25) is 0 Å². The second-order valence-corrected chi connectivity index (χ2v) is 13.3. The van der Waals surface area contributed by atoms with Crippen molar-refractivity contribution in [2.24, 2.45) is 0 Å². The van der Waals surface area contributed by atoms with Gasteiger partial charge in [0.15, 0.2) is 0 Å². The molecular formula is C38H49NO5. The van der Waals surface area contributed by atoms with Gasteiger partial charge in [-0.1, -0.05) is 116 Å². The van der Waals surface area contributed by atoms with Gasteiger partial charge in [-0.25, -0.2) is 4.79 Å². The number of aliphatic hydroxyl groups is 2. The van der Waals surface area contributed by atoms with Crippen molar-refractivity contribution in [3.8, 4) is 0 Å². The highest BCUT2D eigenvalue weighted by molar-refractivity contribution is 6.07. The number of hydrogen-bond acceptors (Lipinski definition) is 5. The summed E-state index contributed by atoms with van der Waals surface area (Å²) in [6.45, 7) is 17.0. The fourth-order valence-electron chi connectivity index (χ4n) is 4.98. The number of esters is 1. The standard InChI is InChI=1S/C38H49NO5/c1-9-11-12-13-22-39-35(42)31-23-29(25-14-18-27(19-15-25)37(3,4)5)34(41)32(36(43)44-10-2)24-30(33(31)40)26-16-20-28(21-17-26)38(6,7)8/h14-21,23-24,40-41H,9-13,22H2,1-8H3,(H,39,42)/b29-23?,30-24?,31-23+,32-24+,33-30-,33-31?,34-29-,34-32?. The molecule has 0 saturated heterocycles. The second-order valence-electron chi connectivity index (χ2n) is 13.3. The van der Waals surface area contributed by atoms with Gasteiger partial charge < -0.3 is 20.3 Å². The Morgan fingerprint density at radius 1 is 0.682 bits per heavy atom. The zero-order valence-corrected chi connectivity index (χ0v) is 27.6. The van der Waals surface area contributed by atoms with E-state index >= 15 is 0 Å². The summed E-state index contributed by atoms with van der Waals surface area (Å²) in [6.07, 6.45) is 6.84. The number of ether oxygens (including phenoxy) is 1. The molecule has 0 heterocycles. The van der Waals surface area contributed by atoms with Crippen LogP contribution in [0.25, 0.3) is 11.1 Å². The molecule has 2 aromatic rings. The molecule has 6 nitrogen and oxygen atoms in total. The van der Waals surface area contributed by atoms with Crippen LogP contribution in [0.15, 0.2) is 83.3 Å². The molecule has 0 aromatic heterocycles. The summed E-state index contributed by atoms with van der Waals surface area (Å²) in [5.74, 6) is -1.83. The number of allylic oxidation sites excluding steroid dienone is 4. The summed E-state index contributed by atoms with van der Waals surface area (Å²) >= 11 is 0. The Morgan fingerprint density at radius 3 is 1.57 bits per heavy atom. The van der Waals surface area contributed by atoms with Crippen molar-refractivity contribution in [2.75, 3.05) is 13.2 Å². The largest absolute Gasteiger partial charge is 0.506 e. The van der Waals surface area contributed by atoms with Gasteiger partial charge in [0.1, 0.15) is 17.1 Å². The number of aliphatic hydroxyl groups excluding tert-OH is 2. The molecule has 1 aliphatic rings. The van der Waals surface area contributed by atoms with Gasteiger partial charge in [0.05, 0.1) is 12.2 Å². The van der Waals surface area contributed by atoms with E-state index in [2.05, 4.69) is 53.8 Å². The molecule has 0 atom stereocenters. The minimum Gasteiger partial charge on any atom is -0.506 e. The quantitative estimate of drug-likeness (QED) is 0.188. The Bertz CT molecular complexity index is 1400. The second kappa shape index (κ2) is 14.6. The van der Waals surface area contributed by atoms with E-state index in [0.717, 1.165) is 36.8 Å². The van der Waals surface area contributed by atoms with Crippen LogP contribution in [0.4, 0.5) is 0 Å². The first kappa shape index (κ1) is 34.4. The number of amides is 1. The van der Waals surface area contributed by atoms with E-state index < -0.39 is 11.9 Å². The van der Waals surface area contributed by atoms with E-state index in [1.165, 1.54) is 12.2 Å². The fourth-order valence-corrected chi connectivity index (χ4v) is 4.98. The van der Waals surface area contributed by atoms with Crippen LogP contribution in [0, 0.1) is 0 Å². The first-order valence-electron chi connectivity index (χ1n) is 15.7. The van der Waals surface area contributed by atoms with Gasteiger partial charge in [0, 0.05) is 17.7 Å². The molecule has 0 aliphatic heterocycles. The lowest BCUT2D eigenvalue weighted by Gasteiger charge is -2.22. The smallest absolute Gasteiger partial charge is 0.341 e. The third-order valence-corrected chi connectivity index (χ3v) is 7.78. The van der Waals surface area contributed by atoms with Gasteiger partial charge in [-0.05, 0) is 58.6 Å². The molecule has 3 N–H and O–H groups in total. The molecule has 1 amide bonds. The Kier molecular flexibility index (Phi) is 11.4. The minimum absolute atomic E-state index is 0.00371. The van der Waals surface area contributed by atoms with E-state index in [0.29, 0.717) is 17.7 Å². The monoisotopic (exact) mass is 599 g/mol. The SMILES string of the molecule is CCCCCCNC(=O)C1=C/C(c2ccc(C(C)(C)C)cc2)=C(O)\C(C(=O)OCC)=C/C(c2ccc(C(C)(C)C)cc2)=C\1O. The van der Waals surface area contributed by atoms with Crippen LogP contribution in [-0.2, 0) is 25.2 Å². The van der Waals surface area contributed by atoms with Crippen LogP contribution < -0.4 is 5.32 Å². The highest BCUT2D eigenvalue weighted by Crippen LogP contribution is 2.36. The molecule has 0 saturated carbocycles. The lowest BCUT2D eigenvalue weighted by atomic mass is 9.84. The van der Waals surface area contributed by atoms with Gasteiger partial charge in [-0.15, -0.1) is 0 Å². The number of benzene rings is 2. The van der Waals surface area contributed by atoms with Crippen LogP contribution in [-0.4, -0.2) is 35.2 Å². The van der Waals surface area contributed by atoms with Crippen molar-refractivity contribution >= 4 is 23.0 Å². The number of rotatable bonds is 10. The minimum atomic E-state index is -0.734. The van der Waals surface area contributed by atoms with Crippen LogP contribution >= 0.6 is 0 Å². The summed E-state index contributed by atoms with van der Waals surface area (Å²) in [5, 5.41) is 26.5. The molecule has 0 unspecified atom stereocenters. The topological polar surface area (TPSA) is 95.9 Å².